The lowest BCUT2D eigenvalue weighted by atomic mass is 9.99. The highest BCUT2D eigenvalue weighted by atomic mass is 14.8. The zero-order chi connectivity index (χ0) is 9.52. The summed E-state index contributed by atoms with van der Waals surface area (Å²) in [6.45, 7) is 0. The molecular formula is C11H24N2. The maximum atomic E-state index is 5.99. The lowest BCUT2D eigenvalue weighted by Gasteiger charge is -2.19. The third-order valence-corrected chi connectivity index (χ3v) is 3.12. The van der Waals surface area contributed by atoms with E-state index in [-0.39, 0.29) is 12.1 Å². The second-order valence-corrected chi connectivity index (χ2v) is 4.38. The zero-order valence-electron chi connectivity index (χ0n) is 8.67. The molecule has 1 rings (SSSR count). The molecule has 13 heavy (non-hydrogen) atoms. The lowest BCUT2D eigenvalue weighted by Crippen LogP contribution is -2.41. The fraction of sp³-hybridized carbons (Fsp3) is 1.00. The molecule has 1 saturated carbocycles. The van der Waals surface area contributed by atoms with Crippen LogP contribution in [0.1, 0.15) is 57.8 Å². The summed E-state index contributed by atoms with van der Waals surface area (Å²) in [7, 11) is 0. The zero-order valence-corrected chi connectivity index (χ0v) is 8.67. The maximum absolute atomic E-state index is 5.99. The first kappa shape index (κ1) is 11.0. The van der Waals surface area contributed by atoms with Gasteiger partial charge in [0.05, 0.1) is 0 Å². The highest BCUT2D eigenvalue weighted by molar-refractivity contribution is 4.76. The van der Waals surface area contributed by atoms with E-state index in [1.54, 1.807) is 0 Å². The fourth-order valence-corrected chi connectivity index (χ4v) is 2.07. The van der Waals surface area contributed by atoms with Crippen molar-refractivity contribution < 1.29 is 0 Å². The van der Waals surface area contributed by atoms with Gasteiger partial charge in [0.2, 0.25) is 0 Å². The third-order valence-electron chi connectivity index (χ3n) is 3.12. The largest absolute Gasteiger partial charge is 0.326 e. The molecule has 1 aliphatic rings. The van der Waals surface area contributed by atoms with E-state index in [0.717, 1.165) is 12.8 Å². The fourth-order valence-electron chi connectivity index (χ4n) is 2.07. The van der Waals surface area contributed by atoms with Gasteiger partial charge in [-0.15, -0.1) is 0 Å². The van der Waals surface area contributed by atoms with Gasteiger partial charge in [0.15, 0.2) is 0 Å². The predicted molar refractivity (Wildman–Crippen MR) is 57.5 cm³/mol. The molecule has 0 radical (unpaired) electrons. The number of hydrogen-bond acceptors (Lipinski definition) is 2. The Morgan fingerprint density at radius 1 is 0.538 bits per heavy atom. The molecule has 0 bridgehead atoms. The van der Waals surface area contributed by atoms with Crippen LogP contribution in [0.2, 0.25) is 0 Å². The molecule has 0 aromatic rings. The Kier molecular flexibility index (Phi) is 5.40. The van der Waals surface area contributed by atoms with Gasteiger partial charge in [0.1, 0.15) is 0 Å². The van der Waals surface area contributed by atoms with E-state index in [9.17, 15) is 0 Å². The van der Waals surface area contributed by atoms with E-state index >= 15 is 0 Å². The standard InChI is InChI=1S/C11H24N2/c12-10-8-6-4-2-1-3-5-7-9-11(10)13/h10-11H,1-9,12-13H2/t10-,11-/m0/s1. The molecule has 78 valence electrons. The van der Waals surface area contributed by atoms with E-state index in [2.05, 4.69) is 0 Å². The van der Waals surface area contributed by atoms with Gasteiger partial charge in [0, 0.05) is 12.1 Å². The van der Waals surface area contributed by atoms with Crippen molar-refractivity contribution in [3.8, 4) is 0 Å². The van der Waals surface area contributed by atoms with E-state index in [1.807, 2.05) is 0 Å². The van der Waals surface area contributed by atoms with Gasteiger partial charge < -0.3 is 11.5 Å². The first-order valence-electron chi connectivity index (χ1n) is 5.82. The molecule has 0 amide bonds. The van der Waals surface area contributed by atoms with Gasteiger partial charge in [-0.2, -0.15) is 0 Å². The molecule has 1 fully saturated rings. The van der Waals surface area contributed by atoms with Crippen LogP contribution in [0.25, 0.3) is 0 Å². The van der Waals surface area contributed by atoms with Crippen LogP contribution in [0.5, 0.6) is 0 Å². The van der Waals surface area contributed by atoms with E-state index in [1.165, 1.54) is 44.9 Å². The van der Waals surface area contributed by atoms with Crippen molar-refractivity contribution in [3.05, 3.63) is 0 Å². The van der Waals surface area contributed by atoms with Crippen LogP contribution in [0, 0.1) is 0 Å². The van der Waals surface area contributed by atoms with Crippen molar-refractivity contribution in [2.45, 2.75) is 69.9 Å². The van der Waals surface area contributed by atoms with E-state index < -0.39 is 0 Å². The van der Waals surface area contributed by atoms with E-state index in [4.69, 9.17) is 11.5 Å². The second kappa shape index (κ2) is 6.39. The molecule has 2 nitrogen and oxygen atoms in total. The highest BCUT2D eigenvalue weighted by Crippen LogP contribution is 2.15. The van der Waals surface area contributed by atoms with Crippen molar-refractivity contribution in [2.75, 3.05) is 0 Å². The molecule has 4 N–H and O–H groups in total. The summed E-state index contributed by atoms with van der Waals surface area (Å²) in [5, 5.41) is 0. The van der Waals surface area contributed by atoms with Gasteiger partial charge in [-0.1, -0.05) is 44.9 Å². The van der Waals surface area contributed by atoms with Gasteiger partial charge in [-0.3, -0.25) is 0 Å². The van der Waals surface area contributed by atoms with Gasteiger partial charge in [0.25, 0.3) is 0 Å². The van der Waals surface area contributed by atoms with Crippen molar-refractivity contribution in [2.24, 2.45) is 11.5 Å². The van der Waals surface area contributed by atoms with Crippen molar-refractivity contribution >= 4 is 0 Å². The summed E-state index contributed by atoms with van der Waals surface area (Å²) >= 11 is 0. The van der Waals surface area contributed by atoms with Crippen LogP contribution < -0.4 is 11.5 Å². The summed E-state index contributed by atoms with van der Waals surface area (Å²) in [6, 6.07) is 0.496. The first-order valence-corrected chi connectivity index (χ1v) is 5.82. The molecule has 0 aromatic heterocycles. The molecule has 0 heterocycles. The summed E-state index contributed by atoms with van der Waals surface area (Å²) < 4.78 is 0. The van der Waals surface area contributed by atoms with Crippen LogP contribution in [0.3, 0.4) is 0 Å². The normalized spacial score (nSPS) is 33.7. The van der Waals surface area contributed by atoms with Crippen molar-refractivity contribution in [1.82, 2.24) is 0 Å². The van der Waals surface area contributed by atoms with Crippen LogP contribution in [-0.4, -0.2) is 12.1 Å². The van der Waals surface area contributed by atoms with Crippen LogP contribution in [0.15, 0.2) is 0 Å². The SMILES string of the molecule is N[C@H]1CCCCCCCCC[C@@H]1N. The Bertz CT molecular complexity index is 111. The quantitative estimate of drug-likeness (QED) is 0.606. The minimum atomic E-state index is 0.248. The molecule has 2 atom stereocenters. The lowest BCUT2D eigenvalue weighted by molar-refractivity contribution is 0.445. The summed E-state index contributed by atoms with van der Waals surface area (Å²) in [5.41, 5.74) is 12.0. The van der Waals surface area contributed by atoms with Gasteiger partial charge in [-0.25, -0.2) is 0 Å². The first-order chi connectivity index (χ1) is 6.30. The topological polar surface area (TPSA) is 52.0 Å². The summed E-state index contributed by atoms with van der Waals surface area (Å²) in [6.07, 6.45) is 11.7. The molecule has 0 aliphatic heterocycles. The molecule has 0 spiro atoms. The van der Waals surface area contributed by atoms with Crippen LogP contribution >= 0.6 is 0 Å². The smallest absolute Gasteiger partial charge is 0.0192 e. The Hall–Kier alpha value is -0.0800. The van der Waals surface area contributed by atoms with Crippen LogP contribution in [0.4, 0.5) is 0 Å². The molecule has 2 heteroatoms. The average Bonchev–Trinajstić information content (AvgIpc) is 2.16. The van der Waals surface area contributed by atoms with Gasteiger partial charge >= 0.3 is 0 Å². The number of hydrogen-bond donors (Lipinski definition) is 2. The van der Waals surface area contributed by atoms with Crippen molar-refractivity contribution in [1.29, 1.82) is 0 Å². The molecule has 0 unspecified atom stereocenters. The minimum absolute atomic E-state index is 0.248. The van der Waals surface area contributed by atoms with E-state index in [0.29, 0.717) is 0 Å². The molecule has 1 aliphatic carbocycles. The van der Waals surface area contributed by atoms with Crippen LogP contribution in [-0.2, 0) is 0 Å². The highest BCUT2D eigenvalue weighted by Gasteiger charge is 2.12. The molecule has 0 saturated heterocycles. The Balaban J connectivity index is 2.26. The number of nitrogens with two attached hydrogens (primary N) is 2. The summed E-state index contributed by atoms with van der Waals surface area (Å²) in [5.74, 6) is 0. The average molecular weight is 184 g/mol. The Morgan fingerprint density at radius 3 is 1.23 bits per heavy atom. The Morgan fingerprint density at radius 2 is 0.846 bits per heavy atom. The van der Waals surface area contributed by atoms with Crippen molar-refractivity contribution in [3.63, 3.8) is 0 Å². The molecular weight excluding hydrogens is 160 g/mol. The molecule has 0 aromatic carbocycles. The third kappa shape index (κ3) is 4.63. The predicted octanol–water partition coefficient (Wildman–Crippen LogP) is 2.17. The number of rotatable bonds is 0. The van der Waals surface area contributed by atoms with Gasteiger partial charge in [-0.05, 0) is 12.8 Å². The second-order valence-electron chi connectivity index (χ2n) is 4.38. The Labute approximate surface area is 82.1 Å². The monoisotopic (exact) mass is 184 g/mol. The minimum Gasteiger partial charge on any atom is -0.326 e. The maximum Gasteiger partial charge on any atom is 0.0192 e. The summed E-state index contributed by atoms with van der Waals surface area (Å²) in [4.78, 5) is 0.